The standard InChI is InChI=1S/C7H11NO5S.2Na/c8-7(6(12)13,3-5(10)11)4(9)1-2-14;;/h14H,1-3,8H2,(H,10,11)(H,12,13);;/q;2*+1/p-2/t7-;;/m1../s1. The van der Waals surface area contributed by atoms with Gasteiger partial charge in [-0.3, -0.25) is 4.79 Å². The van der Waals surface area contributed by atoms with Crippen LogP contribution < -0.4 is 75.1 Å². The van der Waals surface area contributed by atoms with Gasteiger partial charge < -0.3 is 25.5 Å². The average molecular weight is 265 g/mol. The van der Waals surface area contributed by atoms with Gasteiger partial charge in [0.25, 0.3) is 0 Å². The van der Waals surface area contributed by atoms with Crippen molar-refractivity contribution in [1.29, 1.82) is 0 Å². The van der Waals surface area contributed by atoms with Crippen LogP contribution in [0.2, 0.25) is 0 Å². The third-order valence-corrected chi connectivity index (χ3v) is 1.85. The molecule has 0 saturated heterocycles. The van der Waals surface area contributed by atoms with Crippen LogP contribution in [-0.4, -0.2) is 29.0 Å². The molecule has 0 rings (SSSR count). The van der Waals surface area contributed by atoms with E-state index in [1.807, 2.05) is 0 Å². The fourth-order valence-electron chi connectivity index (χ4n) is 0.837. The molecule has 0 aromatic carbocycles. The second kappa shape index (κ2) is 9.90. The molecule has 6 nitrogen and oxygen atoms in total. The van der Waals surface area contributed by atoms with Gasteiger partial charge in [0.1, 0.15) is 5.54 Å². The molecule has 0 fully saturated rings. The molecule has 2 N–H and O–H groups in total. The summed E-state index contributed by atoms with van der Waals surface area (Å²) in [4.78, 5) is 31.8. The molecule has 0 aliphatic rings. The quantitative estimate of drug-likeness (QED) is 0.279. The number of hydrogen-bond acceptors (Lipinski definition) is 7. The minimum atomic E-state index is -2.51. The number of hydrogen-bond donors (Lipinski definition) is 2. The van der Waals surface area contributed by atoms with Crippen molar-refractivity contribution in [3.05, 3.63) is 0 Å². The van der Waals surface area contributed by atoms with E-state index < -0.39 is 29.7 Å². The van der Waals surface area contributed by atoms with E-state index in [1.165, 1.54) is 0 Å². The van der Waals surface area contributed by atoms with E-state index in [-0.39, 0.29) is 71.3 Å². The maximum atomic E-state index is 11.2. The number of carbonyl (C=O) groups is 3. The minimum absolute atomic E-state index is 0. The topological polar surface area (TPSA) is 123 Å². The Morgan fingerprint density at radius 1 is 1.19 bits per heavy atom. The summed E-state index contributed by atoms with van der Waals surface area (Å²) in [5.41, 5.74) is 2.59. The number of Topliss-reactive ketones (excluding diaryl/α,β-unsaturated/α-hetero) is 1. The van der Waals surface area contributed by atoms with Crippen molar-refractivity contribution in [3.63, 3.8) is 0 Å². The number of thiol groups is 1. The van der Waals surface area contributed by atoms with Gasteiger partial charge in [-0.05, 0) is 5.75 Å². The molecule has 0 aliphatic heterocycles. The van der Waals surface area contributed by atoms with Gasteiger partial charge in [-0.1, -0.05) is 0 Å². The van der Waals surface area contributed by atoms with Gasteiger partial charge in [0.05, 0.1) is 5.97 Å². The van der Waals surface area contributed by atoms with E-state index in [9.17, 15) is 24.6 Å². The van der Waals surface area contributed by atoms with Crippen LogP contribution in [0.1, 0.15) is 12.8 Å². The second-order valence-corrected chi connectivity index (χ2v) is 3.15. The first kappa shape index (κ1) is 22.1. The third kappa shape index (κ3) is 6.61. The number of rotatable bonds is 6. The summed E-state index contributed by atoms with van der Waals surface area (Å²) >= 11 is 3.70. The molecule has 0 radical (unpaired) electrons. The molecule has 0 aliphatic carbocycles. The van der Waals surface area contributed by atoms with Gasteiger partial charge in [-0.2, -0.15) is 12.6 Å². The van der Waals surface area contributed by atoms with Crippen LogP contribution in [0.25, 0.3) is 0 Å². The summed E-state index contributed by atoms with van der Waals surface area (Å²) in [5, 5.41) is 20.7. The van der Waals surface area contributed by atoms with Crippen molar-refractivity contribution in [2.24, 2.45) is 5.73 Å². The number of carbonyl (C=O) groups excluding carboxylic acids is 3. The van der Waals surface area contributed by atoms with E-state index >= 15 is 0 Å². The van der Waals surface area contributed by atoms with Crippen molar-refractivity contribution in [1.82, 2.24) is 0 Å². The SMILES string of the molecule is N[C@@](CC(=O)[O-])(C(=O)[O-])C(=O)CCS.[Na+].[Na+]. The van der Waals surface area contributed by atoms with Gasteiger partial charge in [-0.15, -0.1) is 0 Å². The first-order valence-corrected chi connectivity index (χ1v) is 4.32. The van der Waals surface area contributed by atoms with Gasteiger partial charge >= 0.3 is 59.1 Å². The van der Waals surface area contributed by atoms with Crippen LogP contribution in [-0.2, 0) is 14.4 Å². The van der Waals surface area contributed by atoms with Crippen LogP contribution >= 0.6 is 12.6 Å². The summed E-state index contributed by atoms with van der Waals surface area (Å²) in [5.74, 6) is -4.49. The molecule has 0 aromatic heterocycles. The Morgan fingerprint density at radius 3 is 1.88 bits per heavy atom. The fourth-order valence-corrected chi connectivity index (χ4v) is 1.04. The van der Waals surface area contributed by atoms with Gasteiger partial charge in [0, 0.05) is 18.8 Å². The Balaban J connectivity index is -0.000000845. The predicted octanol–water partition coefficient (Wildman–Crippen LogP) is -9.53. The first-order valence-electron chi connectivity index (χ1n) is 3.69. The second-order valence-electron chi connectivity index (χ2n) is 2.70. The fraction of sp³-hybridized carbons (Fsp3) is 0.571. The number of carboxylic acid groups (broad SMARTS) is 2. The van der Waals surface area contributed by atoms with Crippen molar-refractivity contribution in [2.75, 3.05) is 5.75 Å². The number of carboxylic acids is 2. The van der Waals surface area contributed by atoms with Gasteiger partial charge in [-0.25, -0.2) is 0 Å². The normalized spacial score (nSPS) is 12.6. The predicted molar refractivity (Wildman–Crippen MR) is 45.0 cm³/mol. The molecule has 0 amide bonds. The van der Waals surface area contributed by atoms with Crippen molar-refractivity contribution in [3.8, 4) is 0 Å². The molecule has 80 valence electrons. The third-order valence-electron chi connectivity index (χ3n) is 1.62. The van der Waals surface area contributed by atoms with Crippen LogP contribution in [0, 0.1) is 0 Å². The van der Waals surface area contributed by atoms with E-state index in [4.69, 9.17) is 5.73 Å². The summed E-state index contributed by atoms with van der Waals surface area (Å²) < 4.78 is 0. The Kier molecular flexibility index (Phi) is 13.7. The molecule has 0 spiro atoms. The summed E-state index contributed by atoms with van der Waals surface area (Å²) in [6.45, 7) is 0. The Hall–Kier alpha value is 0.920. The summed E-state index contributed by atoms with van der Waals surface area (Å²) in [6, 6.07) is 0. The molecule has 1 atom stereocenters. The molecule has 0 bridgehead atoms. The van der Waals surface area contributed by atoms with Crippen molar-refractivity contribution in [2.45, 2.75) is 18.4 Å². The number of ketones is 1. The zero-order valence-corrected chi connectivity index (χ0v) is 14.1. The maximum Gasteiger partial charge on any atom is 1.00 e. The van der Waals surface area contributed by atoms with Gasteiger partial charge in [0.2, 0.25) is 0 Å². The van der Waals surface area contributed by atoms with Gasteiger partial charge in [0.15, 0.2) is 5.78 Å². The monoisotopic (exact) mass is 265 g/mol. The van der Waals surface area contributed by atoms with Crippen LogP contribution in [0.15, 0.2) is 0 Å². The van der Waals surface area contributed by atoms with E-state index in [0.29, 0.717) is 0 Å². The van der Waals surface area contributed by atoms with Crippen LogP contribution in [0.3, 0.4) is 0 Å². The molecule has 9 heteroatoms. The molecule has 0 aromatic rings. The van der Waals surface area contributed by atoms with Crippen molar-refractivity contribution >= 4 is 30.4 Å². The Labute approximate surface area is 142 Å². The van der Waals surface area contributed by atoms with E-state index in [2.05, 4.69) is 12.6 Å². The van der Waals surface area contributed by atoms with Crippen molar-refractivity contribution < 1.29 is 83.7 Å². The summed E-state index contributed by atoms with van der Waals surface area (Å²) in [7, 11) is 0. The average Bonchev–Trinajstić information content (AvgIpc) is 2.02. The maximum absolute atomic E-state index is 11.2. The van der Waals surface area contributed by atoms with E-state index in [1.54, 1.807) is 0 Å². The number of aliphatic carboxylic acids is 2. The Bertz CT molecular complexity index is 276. The Morgan fingerprint density at radius 2 is 1.62 bits per heavy atom. The first-order chi connectivity index (χ1) is 6.34. The molecule has 0 unspecified atom stereocenters. The smallest absolute Gasteiger partial charge is 0.550 e. The van der Waals surface area contributed by atoms with Crippen LogP contribution in [0.5, 0.6) is 0 Å². The minimum Gasteiger partial charge on any atom is -0.550 e. The molecular weight excluding hydrogens is 256 g/mol. The largest absolute Gasteiger partial charge is 1.00 e. The van der Waals surface area contributed by atoms with Crippen LogP contribution in [0.4, 0.5) is 0 Å². The molecule has 16 heavy (non-hydrogen) atoms. The molecule has 0 saturated carbocycles. The summed E-state index contributed by atoms with van der Waals surface area (Å²) in [6.07, 6.45) is -1.33. The zero-order valence-electron chi connectivity index (χ0n) is 9.19. The van der Waals surface area contributed by atoms with E-state index in [0.717, 1.165) is 0 Å². The molecule has 0 heterocycles. The number of nitrogens with two attached hydrogens (primary N) is 1. The zero-order chi connectivity index (χ0) is 11.4. The molecular formula is C7H9NNa2O5S.